The van der Waals surface area contributed by atoms with Gasteiger partial charge in [0.05, 0.1) is 5.41 Å². The Morgan fingerprint density at radius 1 is 1.29 bits per heavy atom. The largest absolute Gasteiger partial charge is 0.455 e. The first kappa shape index (κ1) is 15.8. The molecule has 0 aliphatic heterocycles. The van der Waals surface area contributed by atoms with Crippen LogP contribution >= 0.6 is 0 Å². The highest BCUT2D eigenvalue weighted by Gasteiger charge is 2.48. The van der Waals surface area contributed by atoms with E-state index in [0.29, 0.717) is 6.42 Å². The summed E-state index contributed by atoms with van der Waals surface area (Å²) in [6.07, 6.45) is -1.54. The summed E-state index contributed by atoms with van der Waals surface area (Å²) in [5, 5.41) is 0. The highest BCUT2D eigenvalue weighted by Crippen LogP contribution is 2.28. The molecule has 17 heavy (non-hydrogen) atoms. The highest BCUT2D eigenvalue weighted by molar-refractivity contribution is 5.83. The van der Waals surface area contributed by atoms with Crippen molar-refractivity contribution >= 4 is 11.9 Å². The van der Waals surface area contributed by atoms with Gasteiger partial charge in [0.25, 0.3) is 5.91 Å². The van der Waals surface area contributed by atoms with Crippen LogP contribution in [0.2, 0.25) is 0 Å². The SMILES string of the molecule is CCC(OC(=O)C(C)(C)CC)C(F)(F)C(N)=O. The number of primary amides is 1. The van der Waals surface area contributed by atoms with Gasteiger partial charge in [0.15, 0.2) is 6.10 Å². The summed E-state index contributed by atoms with van der Waals surface area (Å²) in [6, 6.07) is 0. The lowest BCUT2D eigenvalue weighted by molar-refractivity contribution is -0.186. The first-order valence-corrected chi connectivity index (χ1v) is 5.48. The molecule has 0 saturated carbocycles. The third-order valence-electron chi connectivity index (χ3n) is 2.79. The van der Waals surface area contributed by atoms with E-state index in [9.17, 15) is 18.4 Å². The Kier molecular flexibility index (Phi) is 5.04. The molecule has 0 saturated heterocycles. The number of rotatable bonds is 6. The molecule has 0 aromatic heterocycles. The molecule has 6 heteroatoms. The van der Waals surface area contributed by atoms with Crippen LogP contribution in [-0.2, 0) is 14.3 Å². The molecule has 0 heterocycles. The molecule has 1 amide bonds. The number of hydrogen-bond donors (Lipinski definition) is 1. The van der Waals surface area contributed by atoms with E-state index in [1.165, 1.54) is 6.92 Å². The van der Waals surface area contributed by atoms with Crippen LogP contribution < -0.4 is 5.73 Å². The van der Waals surface area contributed by atoms with E-state index >= 15 is 0 Å². The Bertz CT molecular complexity index is 303. The summed E-state index contributed by atoms with van der Waals surface area (Å²) >= 11 is 0. The van der Waals surface area contributed by atoms with Crippen molar-refractivity contribution in [3.63, 3.8) is 0 Å². The van der Waals surface area contributed by atoms with Crippen molar-refractivity contribution < 1.29 is 23.1 Å². The molecule has 0 aromatic carbocycles. The predicted molar refractivity (Wildman–Crippen MR) is 58.4 cm³/mol. The number of carbonyl (C=O) groups is 2. The van der Waals surface area contributed by atoms with Crippen LogP contribution in [0.4, 0.5) is 8.78 Å². The number of alkyl halides is 2. The van der Waals surface area contributed by atoms with Gasteiger partial charge in [-0.1, -0.05) is 13.8 Å². The van der Waals surface area contributed by atoms with E-state index in [1.54, 1.807) is 20.8 Å². The monoisotopic (exact) mass is 251 g/mol. The maximum Gasteiger partial charge on any atom is 0.360 e. The zero-order valence-corrected chi connectivity index (χ0v) is 10.5. The Balaban J connectivity index is 4.85. The maximum atomic E-state index is 13.3. The summed E-state index contributed by atoms with van der Waals surface area (Å²) in [7, 11) is 0. The highest BCUT2D eigenvalue weighted by atomic mass is 19.3. The van der Waals surface area contributed by atoms with Gasteiger partial charge in [-0.05, 0) is 26.7 Å². The molecule has 2 N–H and O–H groups in total. The van der Waals surface area contributed by atoms with Gasteiger partial charge < -0.3 is 10.5 Å². The van der Waals surface area contributed by atoms with Crippen molar-refractivity contribution in [3.8, 4) is 0 Å². The van der Waals surface area contributed by atoms with Crippen molar-refractivity contribution in [2.75, 3.05) is 0 Å². The van der Waals surface area contributed by atoms with Crippen molar-refractivity contribution in [2.45, 2.75) is 52.6 Å². The lowest BCUT2D eigenvalue weighted by Crippen LogP contribution is -2.48. The lowest BCUT2D eigenvalue weighted by atomic mass is 9.90. The van der Waals surface area contributed by atoms with Gasteiger partial charge in [0, 0.05) is 0 Å². The molecule has 1 unspecified atom stereocenters. The second-order valence-corrected chi connectivity index (χ2v) is 4.53. The maximum absolute atomic E-state index is 13.3. The average Bonchev–Trinajstić information content (AvgIpc) is 2.24. The molecular formula is C11H19F2NO3. The number of carbonyl (C=O) groups excluding carboxylic acids is 2. The summed E-state index contributed by atoms with van der Waals surface area (Å²) in [4.78, 5) is 22.2. The van der Waals surface area contributed by atoms with E-state index in [2.05, 4.69) is 5.73 Å². The molecule has 0 bridgehead atoms. The second-order valence-electron chi connectivity index (χ2n) is 4.53. The molecule has 0 aliphatic rings. The fourth-order valence-corrected chi connectivity index (χ4v) is 1.01. The topological polar surface area (TPSA) is 69.4 Å². The molecule has 0 rings (SSSR count). The Labute approximate surface area is 99.5 Å². The second kappa shape index (κ2) is 5.42. The number of nitrogens with two attached hydrogens (primary N) is 1. The quantitative estimate of drug-likeness (QED) is 0.732. The van der Waals surface area contributed by atoms with Gasteiger partial charge in [0.2, 0.25) is 0 Å². The predicted octanol–water partition coefficient (Wildman–Crippen LogP) is 1.86. The van der Waals surface area contributed by atoms with E-state index in [-0.39, 0.29) is 6.42 Å². The lowest BCUT2D eigenvalue weighted by Gasteiger charge is -2.28. The number of ether oxygens (including phenoxy) is 1. The molecule has 0 aliphatic carbocycles. The summed E-state index contributed by atoms with van der Waals surface area (Å²) in [6.45, 7) is 6.32. The van der Waals surface area contributed by atoms with Crippen molar-refractivity contribution in [1.29, 1.82) is 0 Å². The number of hydrogen-bond acceptors (Lipinski definition) is 3. The molecule has 1 atom stereocenters. The van der Waals surface area contributed by atoms with E-state index in [1.807, 2.05) is 0 Å². The number of halogens is 2. The molecule has 0 aromatic rings. The third-order valence-corrected chi connectivity index (χ3v) is 2.79. The minimum absolute atomic E-state index is 0.179. The van der Waals surface area contributed by atoms with Crippen LogP contribution in [0.3, 0.4) is 0 Å². The molecule has 4 nitrogen and oxygen atoms in total. The van der Waals surface area contributed by atoms with Gasteiger partial charge >= 0.3 is 11.9 Å². The van der Waals surface area contributed by atoms with Crippen LogP contribution in [-0.4, -0.2) is 23.9 Å². The van der Waals surface area contributed by atoms with Crippen LogP contribution in [0.25, 0.3) is 0 Å². The van der Waals surface area contributed by atoms with Crippen LogP contribution in [0.5, 0.6) is 0 Å². The molecule has 0 radical (unpaired) electrons. The molecule has 0 spiro atoms. The van der Waals surface area contributed by atoms with Crippen LogP contribution in [0, 0.1) is 5.41 Å². The Morgan fingerprint density at radius 3 is 2.06 bits per heavy atom. The van der Waals surface area contributed by atoms with Crippen molar-refractivity contribution in [2.24, 2.45) is 11.1 Å². The standard InChI is InChI=1S/C11H19F2NO3/c1-5-7(11(12,13)8(14)15)17-9(16)10(3,4)6-2/h7H,5-6H2,1-4H3,(H2,14,15). The number of esters is 1. The normalized spacial score (nSPS) is 14.2. The van der Waals surface area contributed by atoms with Gasteiger partial charge in [0.1, 0.15) is 0 Å². The summed E-state index contributed by atoms with van der Waals surface area (Å²) < 4.78 is 31.3. The Hall–Kier alpha value is -1.20. The van der Waals surface area contributed by atoms with Gasteiger partial charge in [-0.15, -0.1) is 0 Å². The van der Waals surface area contributed by atoms with Crippen LogP contribution in [0.1, 0.15) is 40.5 Å². The van der Waals surface area contributed by atoms with Crippen molar-refractivity contribution in [3.05, 3.63) is 0 Å². The number of amides is 1. The van der Waals surface area contributed by atoms with Gasteiger partial charge in [-0.2, -0.15) is 8.78 Å². The van der Waals surface area contributed by atoms with Crippen molar-refractivity contribution in [1.82, 2.24) is 0 Å². The van der Waals surface area contributed by atoms with E-state index in [4.69, 9.17) is 4.74 Å². The fraction of sp³-hybridized carbons (Fsp3) is 0.818. The zero-order chi connectivity index (χ0) is 13.9. The van der Waals surface area contributed by atoms with Gasteiger partial charge in [-0.25, -0.2) is 0 Å². The average molecular weight is 251 g/mol. The summed E-state index contributed by atoms with van der Waals surface area (Å²) in [5.41, 5.74) is 3.72. The summed E-state index contributed by atoms with van der Waals surface area (Å²) in [5.74, 6) is -6.38. The first-order chi connectivity index (χ1) is 7.59. The molecular weight excluding hydrogens is 232 g/mol. The molecule has 100 valence electrons. The first-order valence-electron chi connectivity index (χ1n) is 5.48. The Morgan fingerprint density at radius 2 is 1.76 bits per heavy atom. The van der Waals surface area contributed by atoms with E-state index < -0.39 is 29.3 Å². The fourth-order valence-electron chi connectivity index (χ4n) is 1.01. The third kappa shape index (κ3) is 3.64. The molecule has 0 fully saturated rings. The minimum atomic E-state index is -3.84. The smallest absolute Gasteiger partial charge is 0.360 e. The van der Waals surface area contributed by atoms with E-state index in [0.717, 1.165) is 0 Å². The van der Waals surface area contributed by atoms with Gasteiger partial charge in [-0.3, -0.25) is 9.59 Å². The van der Waals surface area contributed by atoms with Crippen LogP contribution in [0.15, 0.2) is 0 Å². The minimum Gasteiger partial charge on any atom is -0.455 e. The zero-order valence-electron chi connectivity index (χ0n) is 10.5.